The number of rotatable bonds is 6. The summed E-state index contributed by atoms with van der Waals surface area (Å²) in [5.74, 6) is -1.77. The Kier molecular flexibility index (Phi) is 6.25. The largest absolute Gasteiger partial charge is 0.481 e. The third-order valence-corrected chi connectivity index (χ3v) is 3.39. The zero-order chi connectivity index (χ0) is 15.1. The summed E-state index contributed by atoms with van der Waals surface area (Å²) in [7, 11) is 0. The van der Waals surface area contributed by atoms with Crippen LogP contribution >= 0.6 is 11.6 Å². The number of benzene rings is 1. The Bertz CT molecular complexity index is 526. The van der Waals surface area contributed by atoms with Gasteiger partial charge in [-0.1, -0.05) is 30.7 Å². The average Bonchev–Trinajstić information content (AvgIpc) is 2.40. The van der Waals surface area contributed by atoms with Gasteiger partial charge in [-0.05, 0) is 36.6 Å². The molecule has 2 N–H and O–H groups in total. The number of hydrogen-bond acceptors (Lipinski definition) is 2. The summed E-state index contributed by atoms with van der Waals surface area (Å²) in [6.45, 7) is 3.80. The van der Waals surface area contributed by atoms with E-state index < -0.39 is 11.9 Å². The summed E-state index contributed by atoms with van der Waals surface area (Å²) in [4.78, 5) is 22.4. The van der Waals surface area contributed by atoms with Gasteiger partial charge in [-0.3, -0.25) is 9.59 Å². The van der Waals surface area contributed by atoms with Crippen molar-refractivity contribution in [3.05, 3.63) is 40.4 Å². The molecule has 4 nitrogen and oxygen atoms in total. The normalized spacial score (nSPS) is 12.3. The molecule has 0 radical (unpaired) electrons. The Balaban J connectivity index is 2.55. The second-order valence-electron chi connectivity index (χ2n) is 4.53. The molecule has 0 aliphatic carbocycles. The van der Waals surface area contributed by atoms with Crippen LogP contribution in [-0.2, 0) is 9.59 Å². The Labute approximate surface area is 123 Å². The van der Waals surface area contributed by atoms with Gasteiger partial charge in [0.2, 0.25) is 5.91 Å². The van der Waals surface area contributed by atoms with E-state index in [4.69, 9.17) is 16.7 Å². The van der Waals surface area contributed by atoms with Crippen LogP contribution < -0.4 is 5.32 Å². The van der Waals surface area contributed by atoms with Crippen molar-refractivity contribution in [1.82, 2.24) is 5.32 Å². The molecule has 108 valence electrons. The van der Waals surface area contributed by atoms with E-state index in [-0.39, 0.29) is 12.5 Å². The van der Waals surface area contributed by atoms with E-state index in [0.717, 1.165) is 11.1 Å². The minimum atomic E-state index is -0.901. The first-order valence-corrected chi connectivity index (χ1v) is 6.76. The van der Waals surface area contributed by atoms with Gasteiger partial charge in [0.15, 0.2) is 0 Å². The summed E-state index contributed by atoms with van der Waals surface area (Å²) in [6, 6.07) is 5.50. The van der Waals surface area contributed by atoms with Crippen LogP contribution in [0.3, 0.4) is 0 Å². The van der Waals surface area contributed by atoms with Gasteiger partial charge in [-0.2, -0.15) is 0 Å². The van der Waals surface area contributed by atoms with E-state index in [9.17, 15) is 9.59 Å². The summed E-state index contributed by atoms with van der Waals surface area (Å²) < 4.78 is 0. The van der Waals surface area contributed by atoms with Crippen LogP contribution in [0.25, 0.3) is 6.08 Å². The van der Waals surface area contributed by atoms with E-state index in [1.54, 1.807) is 19.1 Å². The fourth-order valence-electron chi connectivity index (χ4n) is 1.57. The highest BCUT2D eigenvalue weighted by atomic mass is 35.5. The van der Waals surface area contributed by atoms with Gasteiger partial charge in [-0.25, -0.2) is 0 Å². The second kappa shape index (κ2) is 7.70. The molecule has 0 spiro atoms. The van der Waals surface area contributed by atoms with E-state index >= 15 is 0 Å². The lowest BCUT2D eigenvalue weighted by molar-refractivity contribution is -0.141. The molecule has 1 aromatic carbocycles. The molecule has 0 bridgehead atoms. The molecule has 0 heterocycles. The van der Waals surface area contributed by atoms with Crippen molar-refractivity contribution in [2.75, 3.05) is 6.54 Å². The van der Waals surface area contributed by atoms with Crippen molar-refractivity contribution in [2.24, 2.45) is 5.92 Å². The van der Waals surface area contributed by atoms with Crippen LogP contribution in [0.2, 0.25) is 5.02 Å². The standard InChI is InChI=1S/C15H18ClNO3/c1-3-12(15(19)20)9-17-14(18)7-6-11-5-4-10(2)13(16)8-11/h4-8,12H,3,9H2,1-2H3,(H,17,18)(H,19,20). The highest BCUT2D eigenvalue weighted by Crippen LogP contribution is 2.17. The van der Waals surface area contributed by atoms with Gasteiger partial charge in [0.1, 0.15) is 0 Å². The minimum absolute atomic E-state index is 0.129. The molecular formula is C15H18ClNO3. The van der Waals surface area contributed by atoms with Crippen LogP contribution in [0.5, 0.6) is 0 Å². The lowest BCUT2D eigenvalue weighted by Crippen LogP contribution is -2.31. The van der Waals surface area contributed by atoms with Gasteiger partial charge in [0, 0.05) is 17.6 Å². The minimum Gasteiger partial charge on any atom is -0.481 e. The highest BCUT2D eigenvalue weighted by Gasteiger charge is 2.14. The lowest BCUT2D eigenvalue weighted by Gasteiger charge is -2.09. The Morgan fingerprint density at radius 3 is 2.70 bits per heavy atom. The number of hydrogen-bond donors (Lipinski definition) is 2. The van der Waals surface area contributed by atoms with E-state index in [1.165, 1.54) is 6.08 Å². The molecule has 1 aromatic rings. The number of carbonyl (C=O) groups excluding carboxylic acids is 1. The summed E-state index contributed by atoms with van der Waals surface area (Å²) in [5, 5.41) is 12.1. The maximum atomic E-state index is 11.6. The Hall–Kier alpha value is -1.81. The first kappa shape index (κ1) is 16.2. The van der Waals surface area contributed by atoms with Crippen molar-refractivity contribution in [3.8, 4) is 0 Å². The molecular weight excluding hydrogens is 278 g/mol. The van der Waals surface area contributed by atoms with E-state index in [0.29, 0.717) is 11.4 Å². The predicted octanol–water partition coefficient (Wildman–Crippen LogP) is 2.89. The summed E-state index contributed by atoms with van der Waals surface area (Å²) in [6.07, 6.45) is 3.49. The van der Waals surface area contributed by atoms with Crippen molar-refractivity contribution in [1.29, 1.82) is 0 Å². The van der Waals surface area contributed by atoms with Gasteiger partial charge in [0.05, 0.1) is 5.92 Å². The van der Waals surface area contributed by atoms with Gasteiger partial charge < -0.3 is 10.4 Å². The molecule has 1 unspecified atom stereocenters. The zero-order valence-corrected chi connectivity index (χ0v) is 12.3. The molecule has 0 saturated heterocycles. The highest BCUT2D eigenvalue weighted by molar-refractivity contribution is 6.31. The van der Waals surface area contributed by atoms with Crippen LogP contribution in [0.1, 0.15) is 24.5 Å². The van der Waals surface area contributed by atoms with Crippen molar-refractivity contribution in [3.63, 3.8) is 0 Å². The third kappa shape index (κ3) is 5.05. The van der Waals surface area contributed by atoms with E-state index in [1.807, 2.05) is 19.1 Å². The maximum Gasteiger partial charge on any atom is 0.308 e. The zero-order valence-electron chi connectivity index (χ0n) is 11.5. The number of carboxylic acids is 1. The average molecular weight is 296 g/mol. The first-order chi connectivity index (χ1) is 9.43. The van der Waals surface area contributed by atoms with Gasteiger partial charge in [0.25, 0.3) is 0 Å². The fraction of sp³-hybridized carbons (Fsp3) is 0.333. The molecule has 1 rings (SSSR count). The Morgan fingerprint density at radius 1 is 1.45 bits per heavy atom. The monoisotopic (exact) mass is 295 g/mol. The number of carboxylic acid groups (broad SMARTS) is 1. The molecule has 20 heavy (non-hydrogen) atoms. The predicted molar refractivity (Wildman–Crippen MR) is 79.6 cm³/mol. The molecule has 5 heteroatoms. The van der Waals surface area contributed by atoms with Crippen molar-refractivity contribution >= 4 is 29.6 Å². The van der Waals surface area contributed by atoms with Crippen LogP contribution in [-0.4, -0.2) is 23.5 Å². The lowest BCUT2D eigenvalue weighted by atomic mass is 10.1. The SMILES string of the molecule is CCC(CNC(=O)C=Cc1ccc(C)c(Cl)c1)C(=O)O. The van der Waals surface area contributed by atoms with E-state index in [2.05, 4.69) is 5.32 Å². The van der Waals surface area contributed by atoms with Crippen molar-refractivity contribution < 1.29 is 14.7 Å². The van der Waals surface area contributed by atoms with Crippen LogP contribution in [0.15, 0.2) is 24.3 Å². The number of nitrogens with one attached hydrogen (secondary N) is 1. The quantitative estimate of drug-likeness (QED) is 0.793. The maximum absolute atomic E-state index is 11.6. The molecule has 0 aliphatic heterocycles. The van der Waals surface area contributed by atoms with Crippen LogP contribution in [0, 0.1) is 12.8 Å². The molecule has 0 saturated carbocycles. The molecule has 0 aromatic heterocycles. The molecule has 0 fully saturated rings. The van der Waals surface area contributed by atoms with Gasteiger partial charge in [-0.15, -0.1) is 0 Å². The number of aliphatic carboxylic acids is 1. The molecule has 0 aliphatic rings. The number of halogens is 1. The topological polar surface area (TPSA) is 66.4 Å². The number of aryl methyl sites for hydroxylation is 1. The number of carbonyl (C=O) groups is 2. The molecule has 1 amide bonds. The van der Waals surface area contributed by atoms with Gasteiger partial charge >= 0.3 is 5.97 Å². The first-order valence-electron chi connectivity index (χ1n) is 6.39. The smallest absolute Gasteiger partial charge is 0.308 e. The Morgan fingerprint density at radius 2 is 2.15 bits per heavy atom. The van der Waals surface area contributed by atoms with Crippen molar-refractivity contribution in [2.45, 2.75) is 20.3 Å². The summed E-state index contributed by atoms with van der Waals surface area (Å²) in [5.41, 5.74) is 1.79. The number of amides is 1. The van der Waals surface area contributed by atoms with Crippen LogP contribution in [0.4, 0.5) is 0 Å². The third-order valence-electron chi connectivity index (χ3n) is 2.99. The second-order valence-corrected chi connectivity index (χ2v) is 4.94. The summed E-state index contributed by atoms with van der Waals surface area (Å²) >= 11 is 5.99. The fourth-order valence-corrected chi connectivity index (χ4v) is 1.76. The molecule has 1 atom stereocenters.